The number of nitrogens with zero attached hydrogens (tertiary/aromatic N) is 1. The second-order valence-electron chi connectivity index (χ2n) is 4.47. The lowest BCUT2D eigenvalue weighted by molar-refractivity contribution is -0.116. The van der Waals surface area contributed by atoms with Gasteiger partial charge in [0.25, 0.3) is 5.91 Å². The Morgan fingerprint density at radius 2 is 2.00 bits per heavy atom. The van der Waals surface area contributed by atoms with E-state index in [-0.39, 0.29) is 11.8 Å². The van der Waals surface area contributed by atoms with Crippen molar-refractivity contribution in [3.63, 3.8) is 0 Å². The Morgan fingerprint density at radius 3 is 2.63 bits per heavy atom. The van der Waals surface area contributed by atoms with Crippen molar-refractivity contribution in [2.75, 3.05) is 25.3 Å². The molecule has 1 aromatic rings. The number of rotatable bonds is 6. The molecular weight excluding hydrogens is 264 g/mol. The minimum Gasteiger partial charge on any atom is -0.345 e. The average molecular weight is 283 g/mol. The van der Waals surface area contributed by atoms with Crippen LogP contribution in [-0.4, -0.2) is 36.7 Å². The molecule has 4 nitrogen and oxygen atoms in total. The topological polar surface area (TPSA) is 49.4 Å². The van der Waals surface area contributed by atoms with Gasteiger partial charge < -0.3 is 10.2 Å². The molecule has 0 radical (unpaired) electrons. The van der Waals surface area contributed by atoms with Gasteiger partial charge in [-0.05, 0) is 31.0 Å². The summed E-state index contributed by atoms with van der Waals surface area (Å²) in [5.74, 6) is 0.429. The Hall–Kier alpha value is -1.55. The van der Waals surface area contributed by atoms with Crippen LogP contribution in [0.2, 0.25) is 0 Å². The average Bonchev–Trinajstić information content (AvgIpc) is 2.38. The molecule has 104 valence electrons. The second-order valence-corrected chi connectivity index (χ2v) is 4.85. The quantitative estimate of drug-likeness (QED) is 0.644. The number of hydrogen-bond donors (Lipinski definition) is 1. The van der Waals surface area contributed by atoms with E-state index in [2.05, 4.69) is 5.32 Å². The van der Waals surface area contributed by atoms with E-state index in [0.717, 1.165) is 12.8 Å². The van der Waals surface area contributed by atoms with Crippen LogP contribution in [0.25, 0.3) is 0 Å². The molecule has 0 aromatic heterocycles. The molecule has 0 atom stereocenters. The van der Waals surface area contributed by atoms with Gasteiger partial charge in [0.15, 0.2) is 0 Å². The summed E-state index contributed by atoms with van der Waals surface area (Å²) < 4.78 is 0. The Morgan fingerprint density at radius 1 is 1.26 bits per heavy atom. The largest absolute Gasteiger partial charge is 0.345 e. The zero-order valence-electron chi connectivity index (χ0n) is 11.3. The lowest BCUT2D eigenvalue weighted by atomic mass is 10.1. The number of benzene rings is 1. The number of alkyl halides is 1. The molecule has 0 unspecified atom stereocenters. The predicted molar refractivity (Wildman–Crippen MR) is 77.7 cm³/mol. The first-order valence-electron chi connectivity index (χ1n) is 6.22. The van der Waals surface area contributed by atoms with Gasteiger partial charge in [-0.15, -0.1) is 11.6 Å². The Labute approximate surface area is 118 Å². The van der Waals surface area contributed by atoms with Crippen molar-refractivity contribution in [2.24, 2.45) is 0 Å². The third kappa shape index (κ3) is 5.30. The molecule has 0 spiro atoms. The minimum absolute atomic E-state index is 0.0560. The molecule has 0 bridgehead atoms. The summed E-state index contributed by atoms with van der Waals surface area (Å²) in [6.45, 7) is 0. The molecule has 5 heteroatoms. The van der Waals surface area contributed by atoms with Crippen LogP contribution in [0.15, 0.2) is 24.3 Å². The van der Waals surface area contributed by atoms with Gasteiger partial charge in [-0.3, -0.25) is 9.59 Å². The third-order valence-electron chi connectivity index (χ3n) is 2.59. The molecular formula is C14H19ClN2O2. The molecule has 0 saturated carbocycles. The van der Waals surface area contributed by atoms with Crippen LogP contribution in [0.1, 0.15) is 29.6 Å². The van der Waals surface area contributed by atoms with Crippen LogP contribution >= 0.6 is 11.6 Å². The number of unbranched alkanes of at least 4 members (excludes halogenated alkanes) is 1. The summed E-state index contributed by atoms with van der Waals surface area (Å²) in [4.78, 5) is 24.9. The molecule has 0 aliphatic carbocycles. The van der Waals surface area contributed by atoms with Crippen LogP contribution in [0.3, 0.4) is 0 Å². The van der Waals surface area contributed by atoms with Crippen LogP contribution in [0, 0.1) is 0 Å². The Balaban J connectivity index is 2.62. The normalized spacial score (nSPS) is 10.1. The Bertz CT molecular complexity index is 447. The maximum absolute atomic E-state index is 11.8. The summed E-state index contributed by atoms with van der Waals surface area (Å²) in [5, 5.41) is 2.78. The number of halogens is 1. The fourth-order valence-electron chi connectivity index (χ4n) is 1.59. The van der Waals surface area contributed by atoms with E-state index in [1.807, 2.05) is 0 Å². The highest BCUT2D eigenvalue weighted by Gasteiger charge is 2.09. The molecule has 0 heterocycles. The molecule has 0 aliphatic rings. The standard InChI is InChI=1S/C14H19ClN2O2/c1-17(2)14(19)11-6-5-7-12(10-11)16-13(18)8-3-4-9-15/h5-7,10H,3-4,8-9H2,1-2H3,(H,16,18). The van der Waals surface area contributed by atoms with Crippen LogP contribution in [0.5, 0.6) is 0 Å². The molecule has 0 fully saturated rings. The highest BCUT2D eigenvalue weighted by atomic mass is 35.5. The van der Waals surface area contributed by atoms with E-state index in [9.17, 15) is 9.59 Å². The van der Waals surface area contributed by atoms with E-state index in [0.29, 0.717) is 23.6 Å². The summed E-state index contributed by atoms with van der Waals surface area (Å²) >= 11 is 5.56. The van der Waals surface area contributed by atoms with Crippen molar-refractivity contribution >= 4 is 29.1 Å². The zero-order valence-corrected chi connectivity index (χ0v) is 12.0. The van der Waals surface area contributed by atoms with E-state index < -0.39 is 0 Å². The van der Waals surface area contributed by atoms with Crippen LogP contribution in [0.4, 0.5) is 5.69 Å². The van der Waals surface area contributed by atoms with Gasteiger partial charge >= 0.3 is 0 Å². The first-order valence-corrected chi connectivity index (χ1v) is 6.75. The lowest BCUT2D eigenvalue weighted by Gasteiger charge is -2.11. The van der Waals surface area contributed by atoms with Crippen molar-refractivity contribution in [3.05, 3.63) is 29.8 Å². The second kappa shape index (κ2) is 7.79. The summed E-state index contributed by atoms with van der Waals surface area (Å²) in [6, 6.07) is 6.93. The van der Waals surface area contributed by atoms with Gasteiger partial charge in [0, 0.05) is 37.6 Å². The van der Waals surface area contributed by atoms with Crippen LogP contribution in [-0.2, 0) is 4.79 Å². The first-order chi connectivity index (χ1) is 9.04. The van der Waals surface area contributed by atoms with E-state index >= 15 is 0 Å². The maximum Gasteiger partial charge on any atom is 0.253 e. The molecule has 1 aromatic carbocycles. The highest BCUT2D eigenvalue weighted by molar-refractivity contribution is 6.17. The number of anilines is 1. The number of carbonyl (C=O) groups excluding carboxylic acids is 2. The number of carbonyl (C=O) groups is 2. The summed E-state index contributed by atoms with van der Waals surface area (Å²) in [6.07, 6.45) is 2.04. The van der Waals surface area contributed by atoms with Crippen LogP contribution < -0.4 is 5.32 Å². The first kappa shape index (κ1) is 15.5. The van der Waals surface area contributed by atoms with Crippen molar-refractivity contribution in [1.29, 1.82) is 0 Å². The van der Waals surface area contributed by atoms with Crippen molar-refractivity contribution < 1.29 is 9.59 Å². The molecule has 0 aliphatic heterocycles. The lowest BCUT2D eigenvalue weighted by Crippen LogP contribution is -2.21. The fourth-order valence-corrected chi connectivity index (χ4v) is 1.78. The van der Waals surface area contributed by atoms with Gasteiger partial charge in [-0.25, -0.2) is 0 Å². The zero-order chi connectivity index (χ0) is 14.3. The molecule has 2 amide bonds. The van der Waals surface area contributed by atoms with Crippen molar-refractivity contribution in [3.8, 4) is 0 Å². The summed E-state index contributed by atoms with van der Waals surface area (Å²) in [5.41, 5.74) is 1.20. The van der Waals surface area contributed by atoms with E-state index in [1.54, 1.807) is 38.4 Å². The van der Waals surface area contributed by atoms with Gasteiger partial charge in [-0.1, -0.05) is 6.07 Å². The number of amides is 2. The molecule has 19 heavy (non-hydrogen) atoms. The summed E-state index contributed by atoms with van der Waals surface area (Å²) in [7, 11) is 3.39. The molecule has 0 saturated heterocycles. The van der Waals surface area contributed by atoms with Gasteiger partial charge in [0.1, 0.15) is 0 Å². The highest BCUT2D eigenvalue weighted by Crippen LogP contribution is 2.12. The number of hydrogen-bond acceptors (Lipinski definition) is 2. The SMILES string of the molecule is CN(C)C(=O)c1cccc(NC(=O)CCCCCl)c1. The molecule has 1 rings (SSSR count). The van der Waals surface area contributed by atoms with Gasteiger partial charge in [-0.2, -0.15) is 0 Å². The third-order valence-corrected chi connectivity index (χ3v) is 2.85. The van der Waals surface area contributed by atoms with Gasteiger partial charge in [0.05, 0.1) is 0 Å². The van der Waals surface area contributed by atoms with Crippen molar-refractivity contribution in [2.45, 2.75) is 19.3 Å². The smallest absolute Gasteiger partial charge is 0.253 e. The van der Waals surface area contributed by atoms with E-state index in [4.69, 9.17) is 11.6 Å². The fraction of sp³-hybridized carbons (Fsp3) is 0.429. The maximum atomic E-state index is 11.8. The van der Waals surface area contributed by atoms with Gasteiger partial charge in [0.2, 0.25) is 5.91 Å². The number of nitrogens with one attached hydrogen (secondary N) is 1. The monoisotopic (exact) mass is 282 g/mol. The van der Waals surface area contributed by atoms with Crippen molar-refractivity contribution in [1.82, 2.24) is 4.90 Å². The van der Waals surface area contributed by atoms with E-state index in [1.165, 1.54) is 4.90 Å². The predicted octanol–water partition coefficient (Wildman–Crippen LogP) is 2.74. The minimum atomic E-state index is -0.0850. The Kier molecular flexibility index (Phi) is 6.36. The molecule has 1 N–H and O–H groups in total.